The summed E-state index contributed by atoms with van der Waals surface area (Å²) < 4.78 is 41.9. The van der Waals surface area contributed by atoms with Crippen molar-refractivity contribution in [2.24, 2.45) is 0 Å². The maximum Gasteiger partial charge on any atom is 0.433 e. The molecule has 9 heteroatoms. The number of amides is 1. The molecule has 1 atom stereocenters. The molecule has 0 spiro atoms. The monoisotopic (exact) mass is 428 g/mol. The van der Waals surface area contributed by atoms with Crippen LogP contribution < -0.4 is 4.90 Å². The van der Waals surface area contributed by atoms with Gasteiger partial charge < -0.3 is 4.90 Å². The lowest BCUT2D eigenvalue weighted by Crippen LogP contribution is -2.36. The summed E-state index contributed by atoms with van der Waals surface area (Å²) in [6, 6.07) is 13.1. The Morgan fingerprint density at radius 1 is 1.17 bits per heavy atom. The zero-order chi connectivity index (χ0) is 21.0. The van der Waals surface area contributed by atoms with Gasteiger partial charge in [0.2, 0.25) is 0 Å². The number of para-hydroxylation sites is 1. The van der Waals surface area contributed by atoms with E-state index in [2.05, 4.69) is 10.1 Å². The first kappa shape index (κ1) is 18.8. The lowest BCUT2D eigenvalue weighted by atomic mass is 10.1. The lowest BCUT2D eigenvalue weighted by molar-refractivity contribution is -0.142. The van der Waals surface area contributed by atoms with Crippen molar-refractivity contribution in [1.29, 1.82) is 0 Å². The summed E-state index contributed by atoms with van der Waals surface area (Å²) in [6.07, 6.45) is -3.96. The summed E-state index contributed by atoms with van der Waals surface area (Å²) in [7, 11) is 0. The molecular formula is C21H15F3N4OS. The number of rotatable bonds is 2. The number of carbonyl (C=O) groups is 1. The summed E-state index contributed by atoms with van der Waals surface area (Å²) in [6.45, 7) is 1.90. The van der Waals surface area contributed by atoms with Gasteiger partial charge in [-0.25, -0.2) is 9.50 Å². The molecule has 0 unspecified atom stereocenters. The summed E-state index contributed by atoms with van der Waals surface area (Å²) in [5, 5.41) is 5.77. The van der Waals surface area contributed by atoms with Gasteiger partial charge in [0.25, 0.3) is 5.91 Å². The molecule has 3 aromatic heterocycles. The van der Waals surface area contributed by atoms with E-state index >= 15 is 0 Å². The fraction of sp³-hybridized carbons (Fsp3) is 0.190. The first-order chi connectivity index (χ1) is 14.3. The smallest absolute Gasteiger partial charge is 0.304 e. The zero-order valence-corrected chi connectivity index (χ0v) is 16.5. The van der Waals surface area contributed by atoms with Gasteiger partial charge in [-0.3, -0.25) is 4.79 Å². The van der Waals surface area contributed by atoms with Gasteiger partial charge in [0.1, 0.15) is 0 Å². The normalized spacial score (nSPS) is 16.3. The minimum absolute atomic E-state index is 0.0169. The molecule has 152 valence electrons. The van der Waals surface area contributed by atoms with Gasteiger partial charge in [-0.05, 0) is 42.5 Å². The molecule has 0 saturated carbocycles. The molecular weight excluding hydrogens is 413 g/mol. The van der Waals surface area contributed by atoms with Crippen LogP contribution >= 0.6 is 11.3 Å². The second-order valence-corrected chi connectivity index (χ2v) is 8.11. The molecule has 5 rings (SSSR count). The van der Waals surface area contributed by atoms with Crippen LogP contribution in [0.1, 0.15) is 28.7 Å². The van der Waals surface area contributed by atoms with Crippen LogP contribution in [-0.4, -0.2) is 26.5 Å². The van der Waals surface area contributed by atoms with Crippen molar-refractivity contribution < 1.29 is 18.0 Å². The van der Waals surface area contributed by atoms with Crippen LogP contribution in [0.5, 0.6) is 0 Å². The first-order valence-corrected chi connectivity index (χ1v) is 10.1. The third kappa shape index (κ3) is 2.97. The van der Waals surface area contributed by atoms with Crippen molar-refractivity contribution in [3.63, 3.8) is 0 Å². The van der Waals surface area contributed by atoms with E-state index in [1.807, 2.05) is 31.2 Å². The number of fused-ring (bicyclic) bond motifs is 2. The van der Waals surface area contributed by atoms with Crippen LogP contribution in [0, 0.1) is 0 Å². The number of carbonyl (C=O) groups excluding carboxylic acids is 1. The Kier molecular flexibility index (Phi) is 4.18. The standard InChI is InChI=1S/C21H15F3N4OS/c1-12-9-13-5-2-3-6-16(13)27(12)20(29)15-11-19-25-14(17-7-4-8-30-17)10-18(21(22,23)24)28(19)26-15/h2-8,10-12H,9H2,1H3/t12-/m0/s1. The average Bonchev–Trinajstić information content (AvgIpc) is 3.43. The molecule has 1 aliphatic rings. The number of hydrogen-bond donors (Lipinski definition) is 0. The molecule has 4 aromatic rings. The van der Waals surface area contributed by atoms with Crippen molar-refractivity contribution in [3.05, 3.63) is 70.9 Å². The van der Waals surface area contributed by atoms with Crippen molar-refractivity contribution in [3.8, 4) is 10.6 Å². The maximum absolute atomic E-state index is 13.7. The van der Waals surface area contributed by atoms with Gasteiger partial charge in [0.15, 0.2) is 17.0 Å². The highest BCUT2D eigenvalue weighted by molar-refractivity contribution is 7.13. The van der Waals surface area contributed by atoms with E-state index in [4.69, 9.17) is 0 Å². The largest absolute Gasteiger partial charge is 0.433 e. The highest BCUT2D eigenvalue weighted by atomic mass is 32.1. The van der Waals surface area contributed by atoms with Crippen molar-refractivity contribution in [1.82, 2.24) is 14.6 Å². The number of halogens is 3. The van der Waals surface area contributed by atoms with Gasteiger partial charge in [0.05, 0.1) is 10.6 Å². The predicted molar refractivity (Wildman–Crippen MR) is 108 cm³/mol. The first-order valence-electron chi connectivity index (χ1n) is 9.26. The quantitative estimate of drug-likeness (QED) is 0.448. The highest BCUT2D eigenvalue weighted by Crippen LogP contribution is 2.35. The van der Waals surface area contributed by atoms with Gasteiger partial charge in [-0.2, -0.15) is 18.3 Å². The van der Waals surface area contributed by atoms with Crippen molar-refractivity contribution in [2.45, 2.75) is 25.6 Å². The zero-order valence-electron chi connectivity index (χ0n) is 15.7. The Bertz CT molecular complexity index is 1260. The third-order valence-corrected chi connectivity index (χ3v) is 6.03. The molecule has 30 heavy (non-hydrogen) atoms. The molecule has 0 N–H and O–H groups in total. The molecule has 1 aromatic carbocycles. The van der Waals surface area contributed by atoms with Gasteiger partial charge in [-0.15, -0.1) is 11.3 Å². The van der Waals surface area contributed by atoms with E-state index in [9.17, 15) is 18.0 Å². The number of benzene rings is 1. The molecule has 0 bridgehead atoms. The van der Waals surface area contributed by atoms with E-state index in [-0.39, 0.29) is 23.1 Å². The average molecular weight is 428 g/mol. The third-order valence-electron chi connectivity index (χ3n) is 5.14. The van der Waals surface area contributed by atoms with Crippen LogP contribution in [0.25, 0.3) is 16.2 Å². The van der Waals surface area contributed by atoms with Gasteiger partial charge in [-0.1, -0.05) is 24.3 Å². The van der Waals surface area contributed by atoms with Gasteiger partial charge >= 0.3 is 6.18 Å². The van der Waals surface area contributed by atoms with E-state index in [0.717, 1.165) is 17.3 Å². The minimum atomic E-state index is -4.65. The summed E-state index contributed by atoms with van der Waals surface area (Å²) in [5.41, 5.74) is 0.927. The molecule has 0 saturated heterocycles. The Balaban J connectivity index is 1.64. The molecule has 0 fully saturated rings. The summed E-state index contributed by atoms with van der Waals surface area (Å²) >= 11 is 1.30. The summed E-state index contributed by atoms with van der Waals surface area (Å²) in [5.74, 6) is -0.441. The Morgan fingerprint density at radius 3 is 2.70 bits per heavy atom. The number of nitrogens with zero attached hydrogens (tertiary/aromatic N) is 4. The van der Waals surface area contributed by atoms with E-state index in [0.29, 0.717) is 15.8 Å². The molecule has 1 aliphatic heterocycles. The second kappa shape index (κ2) is 6.66. The number of thiophene rings is 1. The van der Waals surface area contributed by atoms with Crippen LogP contribution in [0.3, 0.4) is 0 Å². The van der Waals surface area contributed by atoms with Crippen molar-refractivity contribution in [2.75, 3.05) is 4.90 Å². The fourth-order valence-corrected chi connectivity index (χ4v) is 4.52. The Hall–Kier alpha value is -3.20. The highest BCUT2D eigenvalue weighted by Gasteiger charge is 2.37. The molecule has 0 aliphatic carbocycles. The number of hydrogen-bond acceptors (Lipinski definition) is 4. The Labute approximate surface area is 173 Å². The molecule has 1 amide bonds. The predicted octanol–water partition coefficient (Wildman–Crippen LogP) is 5.07. The minimum Gasteiger partial charge on any atom is -0.304 e. The van der Waals surface area contributed by atoms with Crippen LogP contribution in [0.15, 0.2) is 53.9 Å². The number of alkyl halides is 3. The van der Waals surface area contributed by atoms with Crippen molar-refractivity contribution >= 4 is 28.6 Å². The van der Waals surface area contributed by atoms with E-state index in [1.54, 1.807) is 22.4 Å². The number of aromatic nitrogens is 3. The topological polar surface area (TPSA) is 50.5 Å². The van der Waals surface area contributed by atoms with E-state index < -0.39 is 17.8 Å². The second-order valence-electron chi connectivity index (χ2n) is 7.16. The maximum atomic E-state index is 13.7. The molecule has 4 heterocycles. The van der Waals surface area contributed by atoms with Crippen LogP contribution in [-0.2, 0) is 12.6 Å². The van der Waals surface area contributed by atoms with Crippen LogP contribution in [0.2, 0.25) is 0 Å². The molecule has 5 nitrogen and oxygen atoms in total. The lowest BCUT2D eigenvalue weighted by Gasteiger charge is -2.21. The number of anilines is 1. The van der Waals surface area contributed by atoms with E-state index in [1.165, 1.54) is 17.4 Å². The molecule has 0 radical (unpaired) electrons. The SMILES string of the molecule is C[C@H]1Cc2ccccc2N1C(=O)c1cc2nc(-c3cccs3)cc(C(F)(F)F)n2n1. The van der Waals surface area contributed by atoms with Gasteiger partial charge in [0, 0.05) is 17.8 Å². The Morgan fingerprint density at radius 2 is 1.97 bits per heavy atom. The van der Waals surface area contributed by atoms with Crippen LogP contribution in [0.4, 0.5) is 18.9 Å². The fourth-order valence-electron chi connectivity index (χ4n) is 3.83. The summed E-state index contributed by atoms with van der Waals surface area (Å²) in [4.78, 5) is 19.7.